The van der Waals surface area contributed by atoms with E-state index in [9.17, 15) is 4.79 Å². The maximum Gasteiger partial charge on any atom is 0.344 e. The first-order valence-corrected chi connectivity index (χ1v) is 6.87. The highest BCUT2D eigenvalue weighted by molar-refractivity contribution is 7.99. The summed E-state index contributed by atoms with van der Waals surface area (Å²) in [6.07, 6.45) is 3.84. The quantitative estimate of drug-likeness (QED) is 0.817. The van der Waals surface area contributed by atoms with E-state index >= 15 is 0 Å². The molecule has 2 heterocycles. The molecule has 0 unspecified atom stereocenters. The molecule has 0 radical (unpaired) electrons. The topological polar surface area (TPSA) is 88.5 Å². The Morgan fingerprint density at radius 1 is 1.53 bits per heavy atom. The minimum Gasteiger partial charge on any atom is -0.357 e. The summed E-state index contributed by atoms with van der Waals surface area (Å²) in [7, 11) is 1.77. The van der Waals surface area contributed by atoms with Gasteiger partial charge >= 0.3 is 5.69 Å². The smallest absolute Gasteiger partial charge is 0.344 e. The Hall–Kier alpha value is -1.83. The van der Waals surface area contributed by atoms with E-state index in [1.165, 1.54) is 11.8 Å². The lowest BCUT2D eigenvalue weighted by Gasteiger charge is -2.06. The molecule has 7 nitrogen and oxygen atoms in total. The zero-order valence-electron chi connectivity index (χ0n) is 10.7. The highest BCUT2D eigenvalue weighted by Gasteiger charge is 2.29. The summed E-state index contributed by atoms with van der Waals surface area (Å²) in [5.74, 6) is 0.559. The summed E-state index contributed by atoms with van der Waals surface area (Å²) in [5, 5.41) is 11.0. The fourth-order valence-corrected chi connectivity index (χ4v) is 2.69. The van der Waals surface area contributed by atoms with Crippen LogP contribution in [0.5, 0.6) is 0 Å². The zero-order chi connectivity index (χ0) is 13.4. The van der Waals surface area contributed by atoms with Crippen LogP contribution in [0.2, 0.25) is 0 Å². The molecule has 2 aromatic rings. The van der Waals surface area contributed by atoms with Crippen LogP contribution in [0.1, 0.15) is 24.4 Å². The van der Waals surface area contributed by atoms with Crippen molar-refractivity contribution in [2.45, 2.75) is 36.0 Å². The van der Waals surface area contributed by atoms with E-state index in [0.29, 0.717) is 17.1 Å². The third-order valence-electron chi connectivity index (χ3n) is 2.92. The second kappa shape index (κ2) is 4.69. The molecule has 0 amide bonds. The Labute approximate surface area is 113 Å². The van der Waals surface area contributed by atoms with Crippen LogP contribution in [0.3, 0.4) is 0 Å². The molecule has 0 spiro atoms. The largest absolute Gasteiger partial charge is 0.357 e. The number of aryl methyl sites for hydroxylation is 1. The van der Waals surface area contributed by atoms with E-state index in [2.05, 4.69) is 25.5 Å². The molecule has 1 fully saturated rings. The third kappa shape index (κ3) is 2.35. The predicted molar refractivity (Wildman–Crippen MR) is 71.6 cm³/mol. The summed E-state index contributed by atoms with van der Waals surface area (Å²) in [4.78, 5) is 20.2. The van der Waals surface area contributed by atoms with Gasteiger partial charge in [0.15, 0.2) is 5.16 Å². The minimum atomic E-state index is -0.148. The fourth-order valence-electron chi connectivity index (χ4n) is 1.75. The second-order valence-corrected chi connectivity index (χ2v) is 5.40. The van der Waals surface area contributed by atoms with Gasteiger partial charge in [-0.05, 0) is 31.5 Å². The first kappa shape index (κ1) is 12.2. The Morgan fingerprint density at radius 3 is 3.00 bits per heavy atom. The summed E-state index contributed by atoms with van der Waals surface area (Å²) in [5.41, 5.74) is 0.812. The molecule has 2 N–H and O–H groups in total. The van der Waals surface area contributed by atoms with Crippen molar-refractivity contribution < 1.29 is 0 Å². The lowest BCUT2D eigenvalue weighted by atomic mass is 10.4. The number of H-pyrrole nitrogens is 1. The van der Waals surface area contributed by atoms with E-state index in [1.807, 2.05) is 6.92 Å². The normalized spacial score (nSPS) is 14.6. The van der Waals surface area contributed by atoms with E-state index in [1.54, 1.807) is 17.8 Å². The van der Waals surface area contributed by atoms with Gasteiger partial charge < -0.3 is 5.32 Å². The first-order valence-electron chi connectivity index (χ1n) is 6.05. The summed E-state index contributed by atoms with van der Waals surface area (Å²) in [6.45, 7) is 1.94. The van der Waals surface area contributed by atoms with E-state index < -0.39 is 0 Å². The van der Waals surface area contributed by atoms with Crippen LogP contribution >= 0.6 is 11.8 Å². The summed E-state index contributed by atoms with van der Waals surface area (Å²) >= 11 is 1.39. The van der Waals surface area contributed by atoms with Crippen molar-refractivity contribution in [1.29, 1.82) is 0 Å². The van der Waals surface area contributed by atoms with E-state index in [0.717, 1.165) is 23.4 Å². The monoisotopic (exact) mass is 278 g/mol. The molecule has 0 bridgehead atoms. The molecule has 1 saturated carbocycles. The molecule has 0 saturated heterocycles. The second-order valence-electron chi connectivity index (χ2n) is 4.45. The molecule has 0 aliphatic heterocycles. The standard InChI is InChI=1S/C11H14N6OS/c1-6-5-13-9(12-2)14-8(6)19-11-16-15-10(18)17(11)7-3-4-7/h5,7H,3-4H2,1-2H3,(H,15,18)(H,12,13,14). The Balaban J connectivity index is 1.95. The summed E-state index contributed by atoms with van der Waals surface area (Å²) < 4.78 is 1.71. The number of nitrogens with one attached hydrogen (secondary N) is 2. The molecule has 19 heavy (non-hydrogen) atoms. The van der Waals surface area contributed by atoms with E-state index in [4.69, 9.17) is 0 Å². The number of nitrogens with zero attached hydrogens (tertiary/aromatic N) is 4. The molecule has 0 aromatic carbocycles. The van der Waals surface area contributed by atoms with Crippen LogP contribution in [-0.4, -0.2) is 31.8 Å². The van der Waals surface area contributed by atoms with Crippen molar-refractivity contribution in [1.82, 2.24) is 24.7 Å². The number of aromatic nitrogens is 5. The first-order chi connectivity index (χ1) is 9.19. The zero-order valence-corrected chi connectivity index (χ0v) is 11.5. The van der Waals surface area contributed by atoms with Gasteiger partial charge in [-0.1, -0.05) is 0 Å². The van der Waals surface area contributed by atoms with Gasteiger partial charge in [0.05, 0.1) is 0 Å². The van der Waals surface area contributed by atoms with Crippen LogP contribution in [-0.2, 0) is 0 Å². The average molecular weight is 278 g/mol. The fraction of sp³-hybridized carbons (Fsp3) is 0.455. The third-order valence-corrected chi connectivity index (χ3v) is 4.00. The van der Waals surface area contributed by atoms with Gasteiger partial charge in [-0.15, -0.1) is 5.10 Å². The van der Waals surface area contributed by atoms with Gasteiger partial charge in [0.2, 0.25) is 5.95 Å². The lowest BCUT2D eigenvalue weighted by Crippen LogP contribution is -2.16. The van der Waals surface area contributed by atoms with Crippen molar-refractivity contribution in [2.24, 2.45) is 0 Å². The molecule has 8 heteroatoms. The molecule has 3 rings (SSSR count). The molecule has 2 aromatic heterocycles. The molecular weight excluding hydrogens is 264 g/mol. The van der Waals surface area contributed by atoms with Gasteiger partial charge in [0.1, 0.15) is 5.03 Å². The van der Waals surface area contributed by atoms with Crippen LogP contribution in [0, 0.1) is 6.92 Å². The van der Waals surface area contributed by atoms with Crippen LogP contribution < -0.4 is 11.0 Å². The minimum absolute atomic E-state index is 0.148. The Bertz CT molecular complexity index is 659. The molecule has 1 aliphatic carbocycles. The van der Waals surface area contributed by atoms with Gasteiger partial charge in [0.25, 0.3) is 0 Å². The SMILES string of the molecule is CNc1ncc(C)c(Sc2n[nH]c(=O)n2C2CC2)n1. The maximum atomic E-state index is 11.7. The van der Waals surface area contributed by atoms with Gasteiger partial charge in [-0.25, -0.2) is 19.9 Å². The summed E-state index contributed by atoms with van der Waals surface area (Å²) in [6, 6.07) is 0.291. The van der Waals surface area contributed by atoms with Gasteiger partial charge in [-0.2, -0.15) is 0 Å². The molecule has 1 aliphatic rings. The number of hydrogen-bond donors (Lipinski definition) is 2. The Morgan fingerprint density at radius 2 is 2.32 bits per heavy atom. The van der Waals surface area contributed by atoms with Crippen molar-refractivity contribution in [3.8, 4) is 0 Å². The van der Waals surface area contributed by atoms with E-state index in [-0.39, 0.29) is 5.69 Å². The van der Waals surface area contributed by atoms with Gasteiger partial charge in [0, 0.05) is 24.8 Å². The van der Waals surface area contributed by atoms with Crippen LogP contribution in [0.4, 0.5) is 5.95 Å². The highest BCUT2D eigenvalue weighted by Crippen LogP contribution is 2.37. The Kier molecular flexibility index (Phi) is 3.02. The number of hydrogen-bond acceptors (Lipinski definition) is 6. The van der Waals surface area contributed by atoms with Crippen molar-refractivity contribution >= 4 is 17.7 Å². The van der Waals surface area contributed by atoms with Crippen molar-refractivity contribution in [3.63, 3.8) is 0 Å². The van der Waals surface area contributed by atoms with Crippen LogP contribution in [0.15, 0.2) is 21.2 Å². The molecule has 100 valence electrons. The predicted octanol–water partition coefficient (Wildman–Crippen LogP) is 1.20. The maximum absolute atomic E-state index is 11.7. The van der Waals surface area contributed by atoms with Gasteiger partial charge in [-0.3, -0.25) is 4.57 Å². The van der Waals surface area contributed by atoms with Crippen LogP contribution in [0.25, 0.3) is 0 Å². The molecular formula is C11H14N6OS. The average Bonchev–Trinajstić information content (AvgIpc) is 3.17. The number of aromatic amines is 1. The number of rotatable bonds is 4. The molecule has 0 atom stereocenters. The number of anilines is 1. The van der Waals surface area contributed by atoms with Crippen molar-refractivity contribution in [3.05, 3.63) is 22.2 Å². The lowest BCUT2D eigenvalue weighted by molar-refractivity contribution is 0.642. The van der Waals surface area contributed by atoms with Crippen molar-refractivity contribution in [2.75, 3.05) is 12.4 Å². The highest BCUT2D eigenvalue weighted by atomic mass is 32.2.